The van der Waals surface area contributed by atoms with Crippen LogP contribution < -0.4 is 11.1 Å². The molecule has 23 heavy (non-hydrogen) atoms. The van der Waals surface area contributed by atoms with E-state index in [-0.39, 0.29) is 11.6 Å². The Labute approximate surface area is 130 Å². The molecule has 0 bridgehead atoms. The van der Waals surface area contributed by atoms with Crippen LogP contribution in [-0.4, -0.2) is 20.4 Å². The van der Waals surface area contributed by atoms with Crippen molar-refractivity contribution in [1.29, 1.82) is 0 Å². The molecule has 0 fully saturated rings. The summed E-state index contributed by atoms with van der Waals surface area (Å²) in [6.07, 6.45) is -0.501. The fourth-order valence-corrected chi connectivity index (χ4v) is 2.74. The third-order valence-corrected chi connectivity index (χ3v) is 3.72. The molecule has 0 saturated carbocycles. The van der Waals surface area contributed by atoms with Gasteiger partial charge in [0.25, 0.3) is 5.69 Å². The molecule has 0 amide bonds. The molecule has 0 spiro atoms. The highest BCUT2D eigenvalue weighted by Crippen LogP contribution is 2.33. The van der Waals surface area contributed by atoms with Crippen molar-refractivity contribution in [3.8, 4) is 0 Å². The second-order valence-corrected chi connectivity index (χ2v) is 5.16. The molecule has 4 rings (SSSR count). The SMILES string of the molecule is NC1=NC(c2cccc([N+](=O)[O-])c2)n2c(nc3ccccc32)N1. The second-order valence-electron chi connectivity index (χ2n) is 5.16. The number of aliphatic imine (C=N–C) groups is 1. The van der Waals surface area contributed by atoms with Gasteiger partial charge in [-0.2, -0.15) is 0 Å². The van der Waals surface area contributed by atoms with E-state index in [4.69, 9.17) is 5.73 Å². The first-order chi connectivity index (χ1) is 11.1. The fourth-order valence-electron chi connectivity index (χ4n) is 2.74. The van der Waals surface area contributed by atoms with Crippen molar-refractivity contribution >= 4 is 28.6 Å². The zero-order valence-electron chi connectivity index (χ0n) is 11.9. The lowest BCUT2D eigenvalue weighted by molar-refractivity contribution is -0.384. The van der Waals surface area contributed by atoms with Gasteiger partial charge in [0.05, 0.1) is 16.0 Å². The van der Waals surface area contributed by atoms with Crippen LogP contribution in [-0.2, 0) is 0 Å². The Hall–Kier alpha value is -3.42. The Morgan fingerprint density at radius 2 is 2.04 bits per heavy atom. The van der Waals surface area contributed by atoms with Gasteiger partial charge in [-0.05, 0) is 12.1 Å². The van der Waals surface area contributed by atoms with Crippen LogP contribution in [0.4, 0.5) is 11.6 Å². The number of benzene rings is 2. The van der Waals surface area contributed by atoms with Crippen LogP contribution in [0.2, 0.25) is 0 Å². The highest BCUT2D eigenvalue weighted by Gasteiger charge is 2.25. The largest absolute Gasteiger partial charge is 0.370 e. The van der Waals surface area contributed by atoms with E-state index in [0.717, 1.165) is 11.0 Å². The lowest BCUT2D eigenvalue weighted by atomic mass is 10.1. The van der Waals surface area contributed by atoms with E-state index < -0.39 is 11.1 Å². The maximum Gasteiger partial charge on any atom is 0.269 e. The van der Waals surface area contributed by atoms with Gasteiger partial charge in [-0.15, -0.1) is 0 Å². The summed E-state index contributed by atoms with van der Waals surface area (Å²) in [5.41, 5.74) is 8.22. The number of para-hydroxylation sites is 2. The summed E-state index contributed by atoms with van der Waals surface area (Å²) in [6.45, 7) is 0. The lowest BCUT2D eigenvalue weighted by Crippen LogP contribution is -2.31. The van der Waals surface area contributed by atoms with Crippen LogP contribution in [0.25, 0.3) is 11.0 Å². The number of anilines is 1. The standard InChI is InChI=1S/C15H12N6O2/c16-14-18-13(9-4-3-5-10(8-9)21(22)23)20-12-7-2-1-6-11(12)17-15(20)19-14/h1-8,13H,(H3,16,17,18,19). The molecule has 8 nitrogen and oxygen atoms in total. The van der Waals surface area contributed by atoms with Gasteiger partial charge in [0.1, 0.15) is 0 Å². The van der Waals surface area contributed by atoms with Gasteiger partial charge in [-0.25, -0.2) is 9.98 Å². The number of hydrogen-bond acceptors (Lipinski definition) is 6. The Morgan fingerprint density at radius 3 is 2.87 bits per heavy atom. The zero-order chi connectivity index (χ0) is 16.0. The Kier molecular flexibility index (Phi) is 2.77. The van der Waals surface area contributed by atoms with Gasteiger partial charge < -0.3 is 5.73 Å². The van der Waals surface area contributed by atoms with E-state index in [9.17, 15) is 10.1 Å². The molecule has 2 heterocycles. The van der Waals surface area contributed by atoms with E-state index >= 15 is 0 Å². The number of nitrogens with one attached hydrogen (secondary N) is 1. The van der Waals surface area contributed by atoms with E-state index in [1.165, 1.54) is 12.1 Å². The van der Waals surface area contributed by atoms with Crippen LogP contribution in [0, 0.1) is 10.1 Å². The number of nitrogens with two attached hydrogens (primary N) is 1. The minimum absolute atomic E-state index is 0.0146. The van der Waals surface area contributed by atoms with Gasteiger partial charge in [-0.3, -0.25) is 20.0 Å². The van der Waals surface area contributed by atoms with Gasteiger partial charge in [0, 0.05) is 17.7 Å². The van der Waals surface area contributed by atoms with Gasteiger partial charge in [-0.1, -0.05) is 24.3 Å². The molecule has 1 aliphatic heterocycles. The summed E-state index contributed by atoms with van der Waals surface area (Å²) in [7, 11) is 0. The number of nitro groups is 1. The summed E-state index contributed by atoms with van der Waals surface area (Å²) < 4.78 is 1.88. The molecule has 2 aromatic carbocycles. The van der Waals surface area contributed by atoms with Crippen molar-refractivity contribution in [3.63, 3.8) is 0 Å². The summed E-state index contributed by atoms with van der Waals surface area (Å²) in [4.78, 5) is 19.5. The number of hydrogen-bond donors (Lipinski definition) is 2. The summed E-state index contributed by atoms with van der Waals surface area (Å²) >= 11 is 0. The number of non-ortho nitro benzene ring substituents is 1. The van der Waals surface area contributed by atoms with Crippen molar-refractivity contribution in [2.45, 2.75) is 6.17 Å². The molecule has 0 radical (unpaired) electrons. The topological polar surface area (TPSA) is 111 Å². The number of fused-ring (bicyclic) bond motifs is 3. The molecule has 3 N–H and O–H groups in total. The van der Waals surface area contributed by atoms with Crippen LogP contribution in [0.1, 0.15) is 11.7 Å². The smallest absolute Gasteiger partial charge is 0.269 e. The second kappa shape index (κ2) is 4.80. The third kappa shape index (κ3) is 2.08. The van der Waals surface area contributed by atoms with Crippen LogP contribution in [0.3, 0.4) is 0 Å². The van der Waals surface area contributed by atoms with E-state index in [1.54, 1.807) is 12.1 Å². The maximum absolute atomic E-state index is 11.0. The average molecular weight is 308 g/mol. The third-order valence-electron chi connectivity index (χ3n) is 3.72. The number of imidazole rings is 1. The number of aromatic nitrogens is 2. The Morgan fingerprint density at radius 1 is 1.22 bits per heavy atom. The molecule has 0 saturated heterocycles. The molecule has 114 valence electrons. The monoisotopic (exact) mass is 308 g/mol. The van der Waals surface area contributed by atoms with Gasteiger partial charge >= 0.3 is 0 Å². The summed E-state index contributed by atoms with van der Waals surface area (Å²) in [6, 6.07) is 14.0. The van der Waals surface area contributed by atoms with Crippen LogP contribution in [0.15, 0.2) is 53.5 Å². The van der Waals surface area contributed by atoms with Crippen LogP contribution in [0.5, 0.6) is 0 Å². The molecule has 8 heteroatoms. The molecular formula is C15H12N6O2. The first kappa shape index (κ1) is 13.3. The number of guanidine groups is 1. The molecule has 1 aliphatic rings. The van der Waals surface area contributed by atoms with Crippen molar-refractivity contribution in [1.82, 2.24) is 9.55 Å². The maximum atomic E-state index is 11.0. The van der Waals surface area contributed by atoms with Crippen molar-refractivity contribution < 1.29 is 4.92 Å². The highest BCUT2D eigenvalue weighted by molar-refractivity contribution is 5.94. The summed E-state index contributed by atoms with van der Waals surface area (Å²) in [5.74, 6) is 0.791. The van der Waals surface area contributed by atoms with E-state index in [2.05, 4.69) is 15.3 Å². The van der Waals surface area contributed by atoms with Crippen molar-refractivity contribution in [3.05, 3.63) is 64.2 Å². The number of nitro benzene ring substituents is 1. The predicted octanol–water partition coefficient (Wildman–Crippen LogP) is 2.23. The summed E-state index contributed by atoms with van der Waals surface area (Å²) in [5, 5.41) is 14.0. The first-order valence-electron chi connectivity index (χ1n) is 6.95. The normalized spacial score (nSPS) is 16.5. The zero-order valence-corrected chi connectivity index (χ0v) is 11.9. The van der Waals surface area contributed by atoms with E-state index in [1.807, 2.05) is 28.8 Å². The molecule has 1 atom stereocenters. The predicted molar refractivity (Wildman–Crippen MR) is 86.2 cm³/mol. The van der Waals surface area contributed by atoms with E-state index in [0.29, 0.717) is 11.5 Å². The van der Waals surface area contributed by atoms with Gasteiger partial charge in [0.2, 0.25) is 5.95 Å². The van der Waals surface area contributed by atoms with Gasteiger partial charge in [0.15, 0.2) is 12.1 Å². The average Bonchev–Trinajstić information content (AvgIpc) is 2.92. The minimum atomic E-state index is -0.501. The Balaban J connectivity index is 1.93. The lowest BCUT2D eigenvalue weighted by Gasteiger charge is -2.23. The van der Waals surface area contributed by atoms with Crippen molar-refractivity contribution in [2.75, 3.05) is 5.32 Å². The fraction of sp³-hybridized carbons (Fsp3) is 0.0667. The number of nitrogens with zero attached hydrogens (tertiary/aromatic N) is 4. The molecular weight excluding hydrogens is 296 g/mol. The molecule has 3 aromatic rings. The van der Waals surface area contributed by atoms with Crippen LogP contribution >= 0.6 is 0 Å². The molecule has 1 aromatic heterocycles. The van der Waals surface area contributed by atoms with Crippen molar-refractivity contribution in [2.24, 2.45) is 10.7 Å². The number of rotatable bonds is 2. The first-order valence-corrected chi connectivity index (χ1v) is 6.95. The quantitative estimate of drug-likeness (QED) is 0.557. The molecule has 0 aliphatic carbocycles. The molecule has 1 unspecified atom stereocenters. The Bertz CT molecular complexity index is 962. The minimum Gasteiger partial charge on any atom is -0.370 e. The highest BCUT2D eigenvalue weighted by atomic mass is 16.6.